The molecule has 25 heavy (non-hydrogen) atoms. The number of likely N-dealkylation sites (N-methyl/N-ethyl adjacent to an activating group) is 1. The fraction of sp³-hybridized carbons (Fsp3) is 0.350. The number of ether oxygens (including phenoxy) is 1. The topological polar surface area (TPSA) is 41.6 Å². The SMILES string of the molecule is COc1ccc(CN(C)C(C(=O)NC2CC2)c2ccccc2)cc1F. The third-order valence-electron chi connectivity index (χ3n) is 4.38. The van der Waals surface area contributed by atoms with Gasteiger partial charge in [0, 0.05) is 12.6 Å². The molecule has 0 saturated heterocycles. The lowest BCUT2D eigenvalue weighted by Gasteiger charge is -2.28. The average Bonchev–Trinajstić information content (AvgIpc) is 3.40. The Labute approximate surface area is 147 Å². The van der Waals surface area contributed by atoms with Crippen molar-refractivity contribution in [1.82, 2.24) is 10.2 Å². The smallest absolute Gasteiger partial charge is 0.242 e. The molecule has 2 aromatic carbocycles. The fourth-order valence-electron chi connectivity index (χ4n) is 2.94. The minimum Gasteiger partial charge on any atom is -0.494 e. The van der Waals surface area contributed by atoms with Crippen LogP contribution >= 0.6 is 0 Å². The van der Waals surface area contributed by atoms with E-state index in [4.69, 9.17) is 4.74 Å². The van der Waals surface area contributed by atoms with Gasteiger partial charge in [-0.3, -0.25) is 9.69 Å². The molecule has 0 aromatic heterocycles. The molecule has 5 heteroatoms. The average molecular weight is 342 g/mol. The Morgan fingerprint density at radius 2 is 2.00 bits per heavy atom. The molecule has 0 bridgehead atoms. The van der Waals surface area contributed by atoms with Crippen molar-refractivity contribution in [2.24, 2.45) is 0 Å². The van der Waals surface area contributed by atoms with Gasteiger partial charge in [-0.1, -0.05) is 36.4 Å². The zero-order valence-corrected chi connectivity index (χ0v) is 14.5. The monoisotopic (exact) mass is 342 g/mol. The number of amides is 1. The highest BCUT2D eigenvalue weighted by molar-refractivity contribution is 5.83. The number of nitrogens with one attached hydrogen (secondary N) is 1. The first-order valence-electron chi connectivity index (χ1n) is 8.46. The highest BCUT2D eigenvalue weighted by Gasteiger charge is 2.30. The van der Waals surface area contributed by atoms with Gasteiger partial charge in [0.05, 0.1) is 7.11 Å². The van der Waals surface area contributed by atoms with Crippen LogP contribution in [0.25, 0.3) is 0 Å². The number of carbonyl (C=O) groups is 1. The lowest BCUT2D eigenvalue weighted by molar-refractivity contribution is -0.126. The predicted octanol–water partition coefficient (Wildman–Crippen LogP) is 3.29. The summed E-state index contributed by atoms with van der Waals surface area (Å²) in [5, 5.41) is 3.07. The summed E-state index contributed by atoms with van der Waals surface area (Å²) in [6, 6.07) is 14.4. The Balaban J connectivity index is 1.79. The van der Waals surface area contributed by atoms with Crippen LogP contribution in [0.3, 0.4) is 0 Å². The van der Waals surface area contributed by atoms with Crippen molar-refractivity contribution in [1.29, 1.82) is 0 Å². The van der Waals surface area contributed by atoms with E-state index in [0.717, 1.165) is 24.0 Å². The van der Waals surface area contributed by atoms with Gasteiger partial charge in [-0.05, 0) is 43.1 Å². The standard InChI is InChI=1S/C20H23FN2O2/c1-23(13-14-8-11-18(25-2)17(21)12-14)19(15-6-4-3-5-7-15)20(24)22-16-9-10-16/h3-8,11-12,16,19H,9-10,13H2,1-2H3,(H,22,24). The van der Waals surface area contributed by atoms with Crippen molar-refractivity contribution < 1.29 is 13.9 Å². The van der Waals surface area contributed by atoms with Gasteiger partial charge in [-0.25, -0.2) is 4.39 Å². The summed E-state index contributed by atoms with van der Waals surface area (Å²) >= 11 is 0. The molecule has 1 amide bonds. The summed E-state index contributed by atoms with van der Waals surface area (Å²) in [5.41, 5.74) is 1.72. The molecule has 0 radical (unpaired) electrons. The molecule has 1 fully saturated rings. The highest BCUT2D eigenvalue weighted by Crippen LogP contribution is 2.26. The van der Waals surface area contributed by atoms with Crippen LogP contribution in [-0.4, -0.2) is 31.0 Å². The van der Waals surface area contributed by atoms with E-state index in [0.29, 0.717) is 12.6 Å². The Morgan fingerprint density at radius 1 is 1.28 bits per heavy atom. The van der Waals surface area contributed by atoms with Crippen LogP contribution in [0.15, 0.2) is 48.5 Å². The summed E-state index contributed by atoms with van der Waals surface area (Å²) in [4.78, 5) is 14.7. The quantitative estimate of drug-likeness (QED) is 0.839. The summed E-state index contributed by atoms with van der Waals surface area (Å²) in [6.45, 7) is 0.457. The van der Waals surface area contributed by atoms with Gasteiger partial charge in [0.1, 0.15) is 6.04 Å². The van der Waals surface area contributed by atoms with Crippen LogP contribution < -0.4 is 10.1 Å². The van der Waals surface area contributed by atoms with Crippen molar-refractivity contribution in [3.05, 3.63) is 65.5 Å². The van der Waals surface area contributed by atoms with Gasteiger partial charge in [0.25, 0.3) is 0 Å². The first kappa shape index (κ1) is 17.4. The zero-order valence-electron chi connectivity index (χ0n) is 14.5. The minimum absolute atomic E-state index is 0.00909. The maximum Gasteiger partial charge on any atom is 0.242 e. The van der Waals surface area contributed by atoms with Crippen molar-refractivity contribution in [3.8, 4) is 5.75 Å². The second-order valence-electron chi connectivity index (χ2n) is 6.48. The van der Waals surface area contributed by atoms with Crippen molar-refractivity contribution in [2.45, 2.75) is 31.5 Å². The maximum absolute atomic E-state index is 13.9. The second-order valence-corrected chi connectivity index (χ2v) is 6.48. The van der Waals surface area contributed by atoms with Crippen LogP contribution in [0.1, 0.15) is 30.0 Å². The third-order valence-corrected chi connectivity index (χ3v) is 4.38. The summed E-state index contributed by atoms with van der Waals surface area (Å²) in [7, 11) is 3.32. The molecule has 0 spiro atoms. The van der Waals surface area contributed by atoms with Gasteiger partial charge in [-0.2, -0.15) is 0 Å². The van der Waals surface area contributed by atoms with Crippen molar-refractivity contribution in [3.63, 3.8) is 0 Å². The van der Waals surface area contributed by atoms with Gasteiger partial charge < -0.3 is 10.1 Å². The lowest BCUT2D eigenvalue weighted by atomic mass is 10.0. The van der Waals surface area contributed by atoms with Gasteiger partial charge >= 0.3 is 0 Å². The number of benzene rings is 2. The number of hydrogen-bond acceptors (Lipinski definition) is 3. The van der Waals surface area contributed by atoms with Crippen LogP contribution in [0.2, 0.25) is 0 Å². The molecule has 1 aliphatic carbocycles. The molecular formula is C20H23FN2O2. The van der Waals surface area contributed by atoms with Gasteiger partial charge in [0.15, 0.2) is 11.6 Å². The van der Waals surface area contributed by atoms with Crippen LogP contribution in [0.5, 0.6) is 5.75 Å². The molecule has 1 aliphatic rings. The number of nitrogens with zero attached hydrogens (tertiary/aromatic N) is 1. The minimum atomic E-state index is -0.410. The summed E-state index contributed by atoms with van der Waals surface area (Å²) in [6.07, 6.45) is 2.08. The first-order chi connectivity index (χ1) is 12.1. The largest absolute Gasteiger partial charge is 0.494 e. The molecule has 1 unspecified atom stereocenters. The Kier molecular flexibility index (Phi) is 5.34. The molecule has 2 aromatic rings. The van der Waals surface area contributed by atoms with Gasteiger partial charge in [-0.15, -0.1) is 0 Å². The summed E-state index contributed by atoms with van der Waals surface area (Å²) in [5.74, 6) is -0.185. The number of halogens is 1. The number of methoxy groups -OCH3 is 1. The molecule has 0 heterocycles. The molecular weight excluding hydrogens is 319 g/mol. The van der Waals surface area contributed by atoms with E-state index in [1.165, 1.54) is 13.2 Å². The normalized spacial score (nSPS) is 15.0. The van der Waals surface area contributed by atoms with E-state index >= 15 is 0 Å². The maximum atomic E-state index is 13.9. The van der Waals surface area contributed by atoms with Crippen LogP contribution in [0.4, 0.5) is 4.39 Å². The van der Waals surface area contributed by atoms with Crippen LogP contribution in [-0.2, 0) is 11.3 Å². The molecule has 3 rings (SSSR count). The molecule has 1 saturated carbocycles. The lowest BCUT2D eigenvalue weighted by Crippen LogP contribution is -2.39. The molecule has 4 nitrogen and oxygen atoms in total. The van der Waals surface area contributed by atoms with E-state index in [1.54, 1.807) is 6.07 Å². The van der Waals surface area contributed by atoms with Crippen molar-refractivity contribution >= 4 is 5.91 Å². The number of carbonyl (C=O) groups excluding carboxylic acids is 1. The Hall–Kier alpha value is -2.40. The second kappa shape index (κ2) is 7.66. The molecule has 0 aliphatic heterocycles. The number of hydrogen-bond donors (Lipinski definition) is 1. The van der Waals surface area contributed by atoms with E-state index in [1.807, 2.05) is 48.3 Å². The Bertz CT molecular complexity index is 732. The predicted molar refractivity (Wildman–Crippen MR) is 94.8 cm³/mol. The third kappa shape index (κ3) is 4.37. The highest BCUT2D eigenvalue weighted by atomic mass is 19.1. The van der Waals surface area contributed by atoms with Gasteiger partial charge in [0.2, 0.25) is 5.91 Å². The fourth-order valence-corrected chi connectivity index (χ4v) is 2.94. The Morgan fingerprint density at radius 3 is 2.60 bits per heavy atom. The van der Waals surface area contributed by atoms with E-state index in [9.17, 15) is 9.18 Å². The number of rotatable bonds is 7. The van der Waals surface area contributed by atoms with E-state index in [2.05, 4.69) is 5.32 Å². The first-order valence-corrected chi connectivity index (χ1v) is 8.46. The zero-order chi connectivity index (χ0) is 17.8. The van der Waals surface area contributed by atoms with E-state index in [-0.39, 0.29) is 11.7 Å². The van der Waals surface area contributed by atoms with E-state index < -0.39 is 11.9 Å². The van der Waals surface area contributed by atoms with Crippen LogP contribution in [0, 0.1) is 5.82 Å². The summed E-state index contributed by atoms with van der Waals surface area (Å²) < 4.78 is 18.9. The molecule has 1 N–H and O–H groups in total. The molecule has 132 valence electrons. The van der Waals surface area contributed by atoms with Crippen molar-refractivity contribution in [2.75, 3.05) is 14.2 Å². The molecule has 1 atom stereocenters.